The second kappa shape index (κ2) is 13.4. The van der Waals surface area contributed by atoms with Gasteiger partial charge in [0.1, 0.15) is 24.9 Å². The maximum Gasteiger partial charge on any atom is 0.277 e. The lowest BCUT2D eigenvalue weighted by molar-refractivity contribution is 0.0617. The quantitative estimate of drug-likeness (QED) is 0.249. The lowest BCUT2D eigenvalue weighted by atomic mass is 10.0. The van der Waals surface area contributed by atoms with Gasteiger partial charge >= 0.3 is 0 Å². The van der Waals surface area contributed by atoms with Gasteiger partial charge in [-0.2, -0.15) is 0 Å². The number of halogens is 2. The van der Waals surface area contributed by atoms with Gasteiger partial charge in [-0.05, 0) is 48.6 Å². The number of amides is 1. The van der Waals surface area contributed by atoms with Crippen LogP contribution in [0.1, 0.15) is 39.3 Å². The van der Waals surface area contributed by atoms with Gasteiger partial charge < -0.3 is 14.4 Å². The monoisotopic (exact) mass is 574 g/mol. The van der Waals surface area contributed by atoms with Crippen molar-refractivity contribution in [1.82, 2.24) is 14.6 Å². The van der Waals surface area contributed by atoms with E-state index in [1.165, 1.54) is 12.1 Å². The van der Waals surface area contributed by atoms with E-state index in [4.69, 9.17) is 9.47 Å². The predicted molar refractivity (Wildman–Crippen MR) is 154 cm³/mol. The minimum atomic E-state index is -0.637. The van der Waals surface area contributed by atoms with Crippen molar-refractivity contribution in [3.8, 4) is 5.75 Å². The number of rotatable bonds is 12. The van der Waals surface area contributed by atoms with Gasteiger partial charge in [0.2, 0.25) is 5.43 Å². The number of carbonyl (C=O) groups excluding carboxylic acids is 1. The summed E-state index contributed by atoms with van der Waals surface area (Å²) >= 11 is 0. The molecule has 218 valence electrons. The molecule has 0 aliphatic carbocycles. The van der Waals surface area contributed by atoms with E-state index in [2.05, 4.69) is 4.98 Å². The molecule has 1 aliphatic heterocycles. The molecule has 0 N–H and O–H groups in total. The molecule has 5 rings (SSSR count). The highest BCUT2D eigenvalue weighted by Crippen LogP contribution is 2.25. The second-order valence-corrected chi connectivity index (χ2v) is 10.1. The molecule has 2 aromatic heterocycles. The van der Waals surface area contributed by atoms with Gasteiger partial charge in [0.25, 0.3) is 5.91 Å². The largest absolute Gasteiger partial charge is 0.482 e. The number of pyridine rings is 2. The maximum atomic E-state index is 14.2. The van der Waals surface area contributed by atoms with Crippen molar-refractivity contribution in [2.75, 3.05) is 31.9 Å². The summed E-state index contributed by atoms with van der Waals surface area (Å²) in [5, 5.41) is 1.92. The van der Waals surface area contributed by atoms with E-state index in [1.807, 2.05) is 53.5 Å². The molecule has 1 amide bonds. The number of hydrogen-bond donors (Lipinski definition) is 0. The zero-order chi connectivity index (χ0) is 29.5. The molecule has 0 saturated carbocycles. The first-order valence-corrected chi connectivity index (χ1v) is 13.8. The third-order valence-electron chi connectivity index (χ3n) is 7.12. The molecule has 0 fully saturated rings. The summed E-state index contributed by atoms with van der Waals surface area (Å²) in [5.74, 6) is -1.64. The number of fused-ring (bicyclic) bond motifs is 1. The predicted octanol–water partition coefficient (Wildman–Crippen LogP) is 4.47. The highest BCUT2D eigenvalue weighted by Gasteiger charge is 2.34. The number of hydrogen-bond acceptors (Lipinski definition) is 6. The van der Waals surface area contributed by atoms with Crippen LogP contribution in [0.2, 0.25) is 0 Å². The first-order valence-electron chi connectivity index (χ1n) is 13.8. The van der Waals surface area contributed by atoms with E-state index in [0.29, 0.717) is 50.1 Å². The number of ether oxygens (including phenoxy) is 2. The van der Waals surface area contributed by atoms with E-state index in [9.17, 15) is 18.4 Å². The van der Waals surface area contributed by atoms with Crippen LogP contribution < -0.4 is 15.2 Å². The summed E-state index contributed by atoms with van der Waals surface area (Å²) in [7, 11) is 1.57. The summed E-state index contributed by atoms with van der Waals surface area (Å²) in [4.78, 5) is 33.7. The summed E-state index contributed by atoms with van der Waals surface area (Å²) in [6.45, 7) is 1.36. The standard InChI is InChI=1S/C32H32F2N4O4/c1-41-17-16-36-22-37(20-27-12-5-6-15-35-27)38-19-25(11-7-10-24-13-14-26(33)18-28(24)34)30(39)31(29(38)32(36)40)42-21-23-8-3-2-4-9-23/h2-6,8-9,12-15,18-19H,7,10-11,16-17,20-22H2,1H3. The van der Waals surface area contributed by atoms with Crippen LogP contribution in [0.4, 0.5) is 8.78 Å². The van der Waals surface area contributed by atoms with Crippen molar-refractivity contribution in [3.63, 3.8) is 0 Å². The molecule has 0 unspecified atom stereocenters. The summed E-state index contributed by atoms with van der Waals surface area (Å²) in [6, 6.07) is 18.5. The molecule has 10 heteroatoms. The molecule has 2 aromatic carbocycles. The van der Waals surface area contributed by atoms with Gasteiger partial charge in [-0.25, -0.2) is 8.78 Å². The Hall–Kier alpha value is -4.57. The fraction of sp³-hybridized carbons (Fsp3) is 0.281. The van der Waals surface area contributed by atoms with Gasteiger partial charge in [0.15, 0.2) is 11.4 Å². The molecule has 1 aliphatic rings. The number of carbonyl (C=O) groups is 1. The normalized spacial score (nSPS) is 12.9. The van der Waals surface area contributed by atoms with Crippen molar-refractivity contribution >= 4 is 5.91 Å². The van der Waals surface area contributed by atoms with Crippen LogP contribution >= 0.6 is 0 Å². The van der Waals surface area contributed by atoms with E-state index in [1.54, 1.807) is 29.1 Å². The fourth-order valence-electron chi connectivity index (χ4n) is 4.94. The maximum absolute atomic E-state index is 14.2. The average molecular weight is 575 g/mol. The third kappa shape index (κ3) is 6.66. The zero-order valence-corrected chi connectivity index (χ0v) is 23.3. The Balaban J connectivity index is 1.53. The van der Waals surface area contributed by atoms with E-state index < -0.39 is 17.1 Å². The smallest absolute Gasteiger partial charge is 0.277 e. The van der Waals surface area contributed by atoms with Crippen LogP contribution in [0.15, 0.2) is 83.9 Å². The SMILES string of the molecule is COCCN1CN(Cc2ccccn2)n2cc(CCCc3ccc(F)cc3F)c(=O)c(OCc3ccccc3)c2C1=O. The molecule has 0 saturated heterocycles. The van der Waals surface area contributed by atoms with Crippen LogP contribution in [-0.2, 0) is 30.7 Å². The van der Waals surface area contributed by atoms with Gasteiger partial charge in [-0.1, -0.05) is 42.5 Å². The van der Waals surface area contributed by atoms with E-state index in [0.717, 1.165) is 17.3 Å². The molecule has 3 heterocycles. The lowest BCUT2D eigenvalue weighted by Gasteiger charge is -2.40. The Kier molecular flexibility index (Phi) is 9.23. The van der Waals surface area contributed by atoms with Gasteiger partial charge in [-0.3, -0.25) is 24.3 Å². The number of aromatic nitrogens is 2. The fourth-order valence-corrected chi connectivity index (χ4v) is 4.94. The average Bonchev–Trinajstić information content (AvgIpc) is 3.00. The minimum Gasteiger partial charge on any atom is -0.482 e. The van der Waals surface area contributed by atoms with Crippen molar-refractivity contribution < 1.29 is 23.0 Å². The number of nitrogens with zero attached hydrogens (tertiary/aromatic N) is 4. The first kappa shape index (κ1) is 28.9. The zero-order valence-electron chi connectivity index (χ0n) is 23.3. The van der Waals surface area contributed by atoms with Crippen molar-refractivity contribution in [2.24, 2.45) is 0 Å². The molecular formula is C32H32F2N4O4. The molecule has 4 aromatic rings. The Morgan fingerprint density at radius 2 is 1.74 bits per heavy atom. The Morgan fingerprint density at radius 1 is 0.952 bits per heavy atom. The topological polar surface area (TPSA) is 76.9 Å². The lowest BCUT2D eigenvalue weighted by Crippen LogP contribution is -2.55. The van der Waals surface area contributed by atoms with Crippen LogP contribution in [0, 0.1) is 11.6 Å². The third-order valence-corrected chi connectivity index (χ3v) is 7.12. The Morgan fingerprint density at radius 3 is 2.48 bits per heavy atom. The Bertz CT molecular complexity index is 1580. The molecule has 0 bridgehead atoms. The number of aryl methyl sites for hydroxylation is 2. The van der Waals surface area contributed by atoms with Gasteiger partial charge in [0.05, 0.1) is 18.8 Å². The van der Waals surface area contributed by atoms with Crippen LogP contribution in [0.25, 0.3) is 0 Å². The highest BCUT2D eigenvalue weighted by molar-refractivity contribution is 5.96. The summed E-state index contributed by atoms with van der Waals surface area (Å²) < 4.78 is 40.7. The molecule has 0 radical (unpaired) electrons. The van der Waals surface area contributed by atoms with Gasteiger partial charge in [-0.15, -0.1) is 0 Å². The van der Waals surface area contributed by atoms with Gasteiger partial charge in [0, 0.05) is 37.7 Å². The Labute approximate surface area is 242 Å². The van der Waals surface area contributed by atoms with E-state index >= 15 is 0 Å². The van der Waals surface area contributed by atoms with Crippen molar-refractivity contribution in [1.29, 1.82) is 0 Å². The molecule has 0 atom stereocenters. The molecule has 8 nitrogen and oxygen atoms in total. The number of methoxy groups -OCH3 is 1. The molecule has 0 spiro atoms. The van der Waals surface area contributed by atoms with Crippen LogP contribution in [0.3, 0.4) is 0 Å². The second-order valence-electron chi connectivity index (χ2n) is 10.1. The van der Waals surface area contributed by atoms with Crippen molar-refractivity contribution in [3.05, 3.63) is 129 Å². The summed E-state index contributed by atoms with van der Waals surface area (Å²) in [5.41, 5.74) is 2.16. The van der Waals surface area contributed by atoms with E-state index in [-0.39, 0.29) is 30.6 Å². The minimum absolute atomic E-state index is 0.0394. The van der Waals surface area contributed by atoms with Crippen molar-refractivity contribution in [2.45, 2.75) is 32.4 Å². The first-order chi connectivity index (χ1) is 20.4. The number of benzene rings is 2. The van der Waals surface area contributed by atoms with Crippen LogP contribution in [0.5, 0.6) is 5.75 Å². The summed E-state index contributed by atoms with van der Waals surface area (Å²) in [6.07, 6.45) is 4.42. The molecule has 42 heavy (non-hydrogen) atoms. The highest BCUT2D eigenvalue weighted by atomic mass is 19.1. The molecular weight excluding hydrogens is 542 g/mol. The van der Waals surface area contributed by atoms with Crippen LogP contribution in [-0.4, -0.2) is 47.4 Å².